The summed E-state index contributed by atoms with van der Waals surface area (Å²) >= 11 is 0. The molecule has 2 aromatic carbocycles. The van der Waals surface area contributed by atoms with Gasteiger partial charge in [-0.05, 0) is 42.0 Å². The zero-order valence-electron chi connectivity index (χ0n) is 23.5. The van der Waals surface area contributed by atoms with E-state index in [0.29, 0.717) is 28.0 Å². The Morgan fingerprint density at radius 1 is 1.20 bits per heavy atom. The lowest BCUT2D eigenvalue weighted by Crippen LogP contribution is -2.63. The molecule has 0 bridgehead atoms. The summed E-state index contributed by atoms with van der Waals surface area (Å²) in [4.78, 5) is 36.5. The van der Waals surface area contributed by atoms with Gasteiger partial charge in [0.1, 0.15) is 17.0 Å². The highest BCUT2D eigenvalue weighted by molar-refractivity contribution is 5.98. The first-order chi connectivity index (χ1) is 21.3. The standard InChI is InChI=1S/C30H28N6O8/c1-41-29-32-11-10-20(34-29)22-8-9-24(43-22)36-12-13-42-25(28(36)39)30(40,16-33-27(38)18-4-2-3-5-21(18)37)15-17-6-7-19-23(14-17)44-35-26(19)31/h2-11,14,25,37,40H,12-13,15-16H2,1H3,(H2,31,35)(H,33,38)/t25-,30?/m0/s1. The molecule has 226 valence electrons. The van der Waals surface area contributed by atoms with Crippen LogP contribution >= 0.6 is 0 Å². The first kappa shape index (κ1) is 28.6. The minimum absolute atomic E-state index is 0.00962. The monoisotopic (exact) mass is 600 g/mol. The summed E-state index contributed by atoms with van der Waals surface area (Å²) in [7, 11) is 1.45. The molecule has 14 heteroatoms. The van der Waals surface area contributed by atoms with Crippen molar-refractivity contribution in [3.8, 4) is 23.2 Å². The number of ether oxygens (including phenoxy) is 2. The molecule has 5 N–H and O–H groups in total. The zero-order valence-corrected chi connectivity index (χ0v) is 23.5. The number of rotatable bonds is 9. The Hall–Kier alpha value is -5.47. The number of anilines is 2. The number of nitrogens with one attached hydrogen (secondary N) is 1. The number of para-hydroxylation sites is 1. The Labute approximate surface area is 250 Å². The van der Waals surface area contributed by atoms with Crippen LogP contribution in [-0.4, -0.2) is 75.7 Å². The normalized spacial score (nSPS) is 16.5. The molecule has 0 aliphatic carbocycles. The molecule has 3 aromatic heterocycles. The SMILES string of the molecule is COc1nccc(-c2ccc(N3CCO[C@H](C(O)(CNC(=O)c4ccccc4O)Cc4ccc5c(N)noc5c4)C3=O)o2)n1. The summed E-state index contributed by atoms with van der Waals surface area (Å²) in [5.41, 5.74) is 5.31. The fourth-order valence-electron chi connectivity index (χ4n) is 5.08. The summed E-state index contributed by atoms with van der Waals surface area (Å²) in [5, 5.41) is 29.3. The van der Waals surface area contributed by atoms with Gasteiger partial charge in [0.25, 0.3) is 11.8 Å². The molecule has 5 aromatic rings. The van der Waals surface area contributed by atoms with Gasteiger partial charge in [-0.25, -0.2) is 4.98 Å². The van der Waals surface area contributed by atoms with Gasteiger partial charge in [-0.15, -0.1) is 0 Å². The van der Waals surface area contributed by atoms with E-state index < -0.39 is 30.1 Å². The highest BCUT2D eigenvalue weighted by atomic mass is 16.5. The van der Waals surface area contributed by atoms with Crippen molar-refractivity contribution < 1.29 is 38.2 Å². The van der Waals surface area contributed by atoms with E-state index in [4.69, 9.17) is 24.1 Å². The number of benzene rings is 2. The highest BCUT2D eigenvalue weighted by Crippen LogP contribution is 2.32. The Morgan fingerprint density at radius 2 is 2.05 bits per heavy atom. The number of nitrogen functional groups attached to an aromatic ring is 1. The van der Waals surface area contributed by atoms with E-state index in [1.54, 1.807) is 48.5 Å². The quantitative estimate of drug-likeness (QED) is 0.193. The lowest BCUT2D eigenvalue weighted by Gasteiger charge is -2.40. The van der Waals surface area contributed by atoms with E-state index in [-0.39, 0.29) is 48.6 Å². The molecular weight excluding hydrogens is 572 g/mol. The first-order valence-corrected chi connectivity index (χ1v) is 13.6. The number of carbonyl (C=O) groups is 2. The number of nitrogens with zero attached hydrogens (tertiary/aromatic N) is 4. The smallest absolute Gasteiger partial charge is 0.316 e. The van der Waals surface area contributed by atoms with E-state index in [2.05, 4.69) is 20.4 Å². The summed E-state index contributed by atoms with van der Waals surface area (Å²) in [6.45, 7) is -0.175. The van der Waals surface area contributed by atoms with E-state index in [9.17, 15) is 19.8 Å². The molecule has 0 saturated carbocycles. The van der Waals surface area contributed by atoms with Crippen LogP contribution in [0.2, 0.25) is 0 Å². The second kappa shape index (κ2) is 11.7. The van der Waals surface area contributed by atoms with E-state index in [0.717, 1.165) is 0 Å². The largest absolute Gasteiger partial charge is 0.507 e. The third-order valence-corrected chi connectivity index (χ3v) is 7.28. The molecule has 0 spiro atoms. The number of aromatic nitrogens is 3. The molecule has 1 unspecified atom stereocenters. The maximum atomic E-state index is 13.9. The average molecular weight is 601 g/mol. The Kier molecular flexibility index (Phi) is 7.59. The van der Waals surface area contributed by atoms with Crippen molar-refractivity contribution in [3.05, 3.63) is 78.0 Å². The summed E-state index contributed by atoms with van der Waals surface area (Å²) in [5.74, 6) is -0.640. The number of fused-ring (bicyclic) bond motifs is 1. The van der Waals surface area contributed by atoms with Crippen LogP contribution in [0, 0.1) is 0 Å². The van der Waals surface area contributed by atoms with Crippen LogP contribution in [0.4, 0.5) is 11.7 Å². The van der Waals surface area contributed by atoms with E-state index >= 15 is 0 Å². The Balaban J connectivity index is 1.29. The Bertz CT molecular complexity index is 1840. The number of aromatic hydroxyl groups is 1. The van der Waals surface area contributed by atoms with Gasteiger partial charge in [0, 0.05) is 18.7 Å². The number of furan rings is 1. The summed E-state index contributed by atoms with van der Waals surface area (Å²) < 4.78 is 22.2. The number of hydrogen-bond acceptors (Lipinski definition) is 12. The van der Waals surface area contributed by atoms with E-state index in [1.165, 1.54) is 30.3 Å². The molecule has 4 heterocycles. The summed E-state index contributed by atoms with van der Waals surface area (Å²) in [6.07, 6.45) is -0.0177. The van der Waals surface area contributed by atoms with Crippen molar-refractivity contribution in [3.63, 3.8) is 0 Å². The number of nitrogens with two attached hydrogens (primary N) is 1. The predicted molar refractivity (Wildman–Crippen MR) is 156 cm³/mol. The highest BCUT2D eigenvalue weighted by Gasteiger charge is 2.47. The predicted octanol–water partition coefficient (Wildman–Crippen LogP) is 2.31. The maximum absolute atomic E-state index is 13.9. The van der Waals surface area contributed by atoms with Crippen molar-refractivity contribution >= 4 is 34.5 Å². The van der Waals surface area contributed by atoms with Gasteiger partial charge in [0.2, 0.25) is 5.88 Å². The lowest BCUT2D eigenvalue weighted by molar-refractivity contribution is -0.157. The van der Waals surface area contributed by atoms with Gasteiger partial charge < -0.3 is 39.7 Å². The zero-order chi connectivity index (χ0) is 30.8. The number of phenols is 1. The number of methoxy groups -OCH3 is 1. The van der Waals surface area contributed by atoms with Crippen LogP contribution in [0.25, 0.3) is 22.4 Å². The molecule has 44 heavy (non-hydrogen) atoms. The molecule has 1 aliphatic heterocycles. The molecule has 1 fully saturated rings. The van der Waals surface area contributed by atoms with Crippen molar-refractivity contribution in [1.82, 2.24) is 20.4 Å². The van der Waals surface area contributed by atoms with Crippen LogP contribution in [0.3, 0.4) is 0 Å². The van der Waals surface area contributed by atoms with Crippen molar-refractivity contribution in [2.75, 3.05) is 37.4 Å². The second-order valence-electron chi connectivity index (χ2n) is 10.2. The fourth-order valence-corrected chi connectivity index (χ4v) is 5.08. The fraction of sp³-hybridized carbons (Fsp3) is 0.233. The van der Waals surface area contributed by atoms with Gasteiger partial charge >= 0.3 is 6.01 Å². The number of carbonyl (C=O) groups excluding carboxylic acids is 2. The third kappa shape index (κ3) is 5.50. The molecule has 2 amide bonds. The second-order valence-corrected chi connectivity index (χ2v) is 10.2. The van der Waals surface area contributed by atoms with Crippen LogP contribution in [0.15, 0.2) is 75.8 Å². The molecule has 0 radical (unpaired) electrons. The maximum Gasteiger partial charge on any atom is 0.316 e. The van der Waals surface area contributed by atoms with Crippen LogP contribution in [-0.2, 0) is 16.0 Å². The van der Waals surface area contributed by atoms with Gasteiger partial charge in [0.15, 0.2) is 23.3 Å². The van der Waals surface area contributed by atoms with Gasteiger partial charge in [-0.2, -0.15) is 4.98 Å². The topological polar surface area (TPSA) is 199 Å². The van der Waals surface area contributed by atoms with Gasteiger partial charge in [0.05, 0.1) is 37.8 Å². The van der Waals surface area contributed by atoms with E-state index in [1.807, 2.05) is 0 Å². The van der Waals surface area contributed by atoms with Crippen LogP contribution < -0.4 is 20.7 Å². The molecule has 6 rings (SSSR count). The summed E-state index contributed by atoms with van der Waals surface area (Å²) in [6, 6.07) is 16.1. The molecular formula is C30H28N6O8. The van der Waals surface area contributed by atoms with Crippen molar-refractivity contribution in [2.24, 2.45) is 0 Å². The average Bonchev–Trinajstić information content (AvgIpc) is 3.67. The van der Waals surface area contributed by atoms with Crippen molar-refractivity contribution in [1.29, 1.82) is 0 Å². The number of phenolic OH excluding ortho intramolecular Hbond substituents is 1. The van der Waals surface area contributed by atoms with Crippen LogP contribution in [0.5, 0.6) is 11.8 Å². The number of aliphatic hydroxyl groups is 1. The molecule has 2 atom stereocenters. The molecule has 1 aliphatic rings. The number of morpholine rings is 1. The minimum atomic E-state index is -1.95. The van der Waals surface area contributed by atoms with Crippen molar-refractivity contribution in [2.45, 2.75) is 18.1 Å². The van der Waals surface area contributed by atoms with Gasteiger partial charge in [-0.1, -0.05) is 23.4 Å². The Morgan fingerprint density at radius 3 is 2.86 bits per heavy atom. The minimum Gasteiger partial charge on any atom is -0.507 e. The first-order valence-electron chi connectivity index (χ1n) is 13.6. The van der Waals surface area contributed by atoms with Gasteiger partial charge in [-0.3, -0.25) is 14.5 Å². The molecule has 14 nitrogen and oxygen atoms in total. The van der Waals surface area contributed by atoms with Crippen LogP contribution in [0.1, 0.15) is 15.9 Å². The number of hydrogen-bond donors (Lipinski definition) is 4. The molecule has 1 saturated heterocycles. The number of amides is 2. The lowest BCUT2D eigenvalue weighted by atomic mass is 9.86. The third-order valence-electron chi connectivity index (χ3n) is 7.28.